The lowest BCUT2D eigenvalue weighted by Crippen LogP contribution is -2.02. The van der Waals surface area contributed by atoms with Gasteiger partial charge in [0.2, 0.25) is 0 Å². The minimum absolute atomic E-state index is 0.540. The third kappa shape index (κ3) is 1.98. The average Bonchev–Trinajstić information content (AvgIpc) is 2.88. The highest BCUT2D eigenvalue weighted by atomic mass is 16.3. The van der Waals surface area contributed by atoms with Gasteiger partial charge in [0.25, 0.3) is 0 Å². The molecule has 1 unspecified atom stereocenters. The van der Waals surface area contributed by atoms with Crippen molar-refractivity contribution in [2.45, 2.75) is 26.4 Å². The third-order valence-corrected chi connectivity index (χ3v) is 3.52. The highest BCUT2D eigenvalue weighted by molar-refractivity contribution is 5.67. The molecule has 20 heavy (non-hydrogen) atoms. The Labute approximate surface area is 117 Å². The molecule has 0 aromatic carbocycles. The van der Waals surface area contributed by atoms with Crippen molar-refractivity contribution in [2.24, 2.45) is 0 Å². The molecule has 3 aromatic heterocycles. The van der Waals surface area contributed by atoms with E-state index < -0.39 is 6.10 Å². The van der Waals surface area contributed by atoms with Gasteiger partial charge in [0, 0.05) is 24.2 Å². The molecule has 4 nitrogen and oxygen atoms in total. The van der Waals surface area contributed by atoms with Gasteiger partial charge in [-0.1, -0.05) is 13.0 Å². The second-order valence-electron chi connectivity index (χ2n) is 4.90. The summed E-state index contributed by atoms with van der Waals surface area (Å²) in [4.78, 5) is 8.86. The largest absolute Gasteiger partial charge is 0.387 e. The SMILES string of the molecule is CCC(O)c1c(-c2cccnc2)nc2c(C)cccn12. The number of aromatic nitrogens is 3. The number of imidazole rings is 1. The zero-order chi connectivity index (χ0) is 14.1. The maximum atomic E-state index is 10.4. The number of aryl methyl sites for hydroxylation is 1. The predicted octanol–water partition coefficient (Wildman–Crippen LogP) is 3.15. The van der Waals surface area contributed by atoms with E-state index in [-0.39, 0.29) is 0 Å². The first-order valence-corrected chi connectivity index (χ1v) is 6.78. The Hall–Kier alpha value is -2.20. The molecule has 0 saturated carbocycles. The van der Waals surface area contributed by atoms with Crippen molar-refractivity contribution in [3.63, 3.8) is 0 Å². The van der Waals surface area contributed by atoms with Gasteiger partial charge in [0.05, 0.1) is 17.5 Å². The van der Waals surface area contributed by atoms with Gasteiger partial charge in [-0.3, -0.25) is 4.98 Å². The summed E-state index contributed by atoms with van der Waals surface area (Å²) < 4.78 is 1.98. The highest BCUT2D eigenvalue weighted by Crippen LogP contribution is 2.30. The Morgan fingerprint density at radius 2 is 2.15 bits per heavy atom. The van der Waals surface area contributed by atoms with Crippen molar-refractivity contribution in [3.05, 3.63) is 54.1 Å². The number of fused-ring (bicyclic) bond motifs is 1. The molecule has 3 rings (SSSR count). The zero-order valence-corrected chi connectivity index (χ0v) is 11.6. The monoisotopic (exact) mass is 267 g/mol. The summed E-state index contributed by atoms with van der Waals surface area (Å²) >= 11 is 0. The van der Waals surface area contributed by atoms with Crippen LogP contribution in [-0.4, -0.2) is 19.5 Å². The van der Waals surface area contributed by atoms with Gasteiger partial charge in [-0.05, 0) is 37.1 Å². The summed E-state index contributed by atoms with van der Waals surface area (Å²) in [5.41, 5.74) is 4.54. The van der Waals surface area contributed by atoms with Crippen molar-refractivity contribution in [1.82, 2.24) is 14.4 Å². The van der Waals surface area contributed by atoms with Crippen LogP contribution >= 0.6 is 0 Å². The first kappa shape index (κ1) is 12.8. The molecule has 0 fully saturated rings. The predicted molar refractivity (Wildman–Crippen MR) is 78.4 cm³/mol. The summed E-state index contributed by atoms with van der Waals surface area (Å²) in [6.07, 6.45) is 5.57. The van der Waals surface area contributed by atoms with E-state index in [4.69, 9.17) is 4.98 Å². The fourth-order valence-electron chi connectivity index (χ4n) is 2.45. The van der Waals surface area contributed by atoms with Crippen LogP contribution in [0.15, 0.2) is 42.9 Å². The smallest absolute Gasteiger partial charge is 0.140 e. The summed E-state index contributed by atoms with van der Waals surface area (Å²) in [5, 5.41) is 10.4. The second kappa shape index (κ2) is 5.06. The van der Waals surface area contributed by atoms with E-state index in [0.29, 0.717) is 6.42 Å². The van der Waals surface area contributed by atoms with E-state index in [1.54, 1.807) is 12.4 Å². The molecular formula is C16H17N3O. The Morgan fingerprint density at radius 3 is 2.85 bits per heavy atom. The highest BCUT2D eigenvalue weighted by Gasteiger charge is 2.20. The molecule has 0 aliphatic carbocycles. The second-order valence-corrected chi connectivity index (χ2v) is 4.90. The minimum Gasteiger partial charge on any atom is -0.387 e. The molecule has 3 heterocycles. The van der Waals surface area contributed by atoms with E-state index in [1.807, 2.05) is 48.7 Å². The van der Waals surface area contributed by atoms with Crippen LogP contribution in [0.5, 0.6) is 0 Å². The number of rotatable bonds is 3. The summed E-state index contributed by atoms with van der Waals surface area (Å²) in [5.74, 6) is 0. The number of pyridine rings is 2. The van der Waals surface area contributed by atoms with Crippen LogP contribution in [0.4, 0.5) is 0 Å². The molecule has 3 aromatic rings. The summed E-state index contributed by atoms with van der Waals surface area (Å²) in [6.45, 7) is 3.99. The Morgan fingerprint density at radius 1 is 1.30 bits per heavy atom. The molecule has 1 atom stereocenters. The normalized spacial score (nSPS) is 12.8. The van der Waals surface area contributed by atoms with Gasteiger partial charge in [-0.25, -0.2) is 4.98 Å². The number of hydrogen-bond donors (Lipinski definition) is 1. The molecule has 0 aliphatic rings. The quantitative estimate of drug-likeness (QED) is 0.793. The molecule has 0 spiro atoms. The van der Waals surface area contributed by atoms with Crippen molar-refractivity contribution < 1.29 is 5.11 Å². The third-order valence-electron chi connectivity index (χ3n) is 3.52. The zero-order valence-electron chi connectivity index (χ0n) is 11.6. The van der Waals surface area contributed by atoms with E-state index in [9.17, 15) is 5.11 Å². The van der Waals surface area contributed by atoms with Gasteiger partial charge in [0.1, 0.15) is 5.65 Å². The topological polar surface area (TPSA) is 50.4 Å². The summed E-state index contributed by atoms with van der Waals surface area (Å²) in [7, 11) is 0. The number of hydrogen-bond acceptors (Lipinski definition) is 3. The molecule has 0 bridgehead atoms. The van der Waals surface area contributed by atoms with Crippen LogP contribution in [0.3, 0.4) is 0 Å². The molecule has 0 saturated heterocycles. The van der Waals surface area contributed by atoms with E-state index in [0.717, 1.165) is 28.2 Å². The van der Waals surface area contributed by atoms with E-state index >= 15 is 0 Å². The van der Waals surface area contributed by atoms with Gasteiger partial charge in [-0.15, -0.1) is 0 Å². The lowest BCUT2D eigenvalue weighted by Gasteiger charge is -2.10. The Bertz CT molecular complexity index is 734. The molecule has 4 heteroatoms. The van der Waals surface area contributed by atoms with Gasteiger partial charge >= 0.3 is 0 Å². The number of nitrogens with zero attached hydrogens (tertiary/aromatic N) is 3. The first-order chi connectivity index (χ1) is 9.72. The lowest BCUT2D eigenvalue weighted by molar-refractivity contribution is 0.168. The van der Waals surface area contributed by atoms with Gasteiger partial charge in [-0.2, -0.15) is 0 Å². The van der Waals surface area contributed by atoms with Crippen molar-refractivity contribution in [3.8, 4) is 11.3 Å². The molecular weight excluding hydrogens is 250 g/mol. The van der Waals surface area contributed by atoms with Crippen molar-refractivity contribution >= 4 is 5.65 Å². The standard InChI is InChI=1S/C16H17N3O/c1-3-13(20)15-14(12-7-4-8-17-10-12)18-16-11(2)6-5-9-19(15)16/h4-10,13,20H,3H2,1-2H3. The fraction of sp³-hybridized carbons (Fsp3) is 0.250. The summed E-state index contributed by atoms with van der Waals surface area (Å²) in [6, 6.07) is 7.85. The molecule has 0 radical (unpaired) electrons. The number of aliphatic hydroxyl groups excluding tert-OH is 1. The Kier molecular flexibility index (Phi) is 3.24. The molecule has 102 valence electrons. The van der Waals surface area contributed by atoms with Gasteiger partial charge < -0.3 is 9.51 Å². The maximum Gasteiger partial charge on any atom is 0.140 e. The maximum absolute atomic E-state index is 10.4. The van der Waals surface area contributed by atoms with Crippen LogP contribution < -0.4 is 0 Å². The minimum atomic E-state index is -0.540. The van der Waals surface area contributed by atoms with Gasteiger partial charge in [0.15, 0.2) is 0 Å². The van der Waals surface area contributed by atoms with Crippen molar-refractivity contribution in [1.29, 1.82) is 0 Å². The fourth-order valence-corrected chi connectivity index (χ4v) is 2.45. The average molecular weight is 267 g/mol. The lowest BCUT2D eigenvalue weighted by atomic mass is 10.1. The van der Waals surface area contributed by atoms with Crippen molar-refractivity contribution in [2.75, 3.05) is 0 Å². The van der Waals surface area contributed by atoms with Crippen LogP contribution in [0.2, 0.25) is 0 Å². The first-order valence-electron chi connectivity index (χ1n) is 6.78. The van der Waals surface area contributed by atoms with E-state index in [2.05, 4.69) is 4.98 Å². The van der Waals surface area contributed by atoms with E-state index in [1.165, 1.54) is 0 Å². The Balaban J connectivity index is 2.33. The van der Waals surface area contributed by atoms with Crippen LogP contribution in [0, 0.1) is 6.92 Å². The molecule has 0 amide bonds. The van der Waals surface area contributed by atoms with Crippen LogP contribution in [0.1, 0.15) is 30.7 Å². The molecule has 0 aliphatic heterocycles. The van der Waals surface area contributed by atoms with Crippen LogP contribution in [0.25, 0.3) is 16.9 Å². The van der Waals surface area contributed by atoms with Crippen LogP contribution in [-0.2, 0) is 0 Å². The molecule has 1 N–H and O–H groups in total. The number of aliphatic hydroxyl groups is 1.